The minimum Gasteiger partial charge on any atom is -0.444 e. The van der Waals surface area contributed by atoms with E-state index in [-0.39, 0.29) is 6.09 Å². The van der Waals surface area contributed by atoms with Crippen LogP contribution in [0.2, 0.25) is 0 Å². The standard InChI is InChI=1S/C18H34N2O2/c1-5-14-6-8-16(9-7-14)19-12-15-10-11-20(13-15)17(21)22-18(2,3)4/h14-16,19H,5-13H2,1-4H3. The zero-order valence-corrected chi connectivity index (χ0v) is 14.9. The normalized spacial score (nSPS) is 29.6. The van der Waals surface area contributed by atoms with Gasteiger partial charge in [-0.15, -0.1) is 0 Å². The highest BCUT2D eigenvalue weighted by molar-refractivity contribution is 5.68. The Hall–Kier alpha value is -0.770. The predicted molar refractivity (Wildman–Crippen MR) is 90.0 cm³/mol. The number of ether oxygens (including phenoxy) is 1. The maximum atomic E-state index is 12.1. The Balaban J connectivity index is 1.65. The lowest BCUT2D eigenvalue weighted by Gasteiger charge is -2.29. The van der Waals surface area contributed by atoms with E-state index in [1.807, 2.05) is 25.7 Å². The van der Waals surface area contributed by atoms with Gasteiger partial charge in [-0.3, -0.25) is 0 Å². The SMILES string of the molecule is CCC1CCC(NCC2CCN(C(=O)OC(C)(C)C)C2)CC1. The number of hydrogen-bond donors (Lipinski definition) is 1. The third-order valence-electron chi connectivity index (χ3n) is 5.06. The molecule has 1 saturated carbocycles. The van der Waals surface area contributed by atoms with Gasteiger partial charge in [-0.1, -0.05) is 13.3 Å². The maximum Gasteiger partial charge on any atom is 0.410 e. The van der Waals surface area contributed by atoms with E-state index in [0.717, 1.165) is 32.0 Å². The molecule has 1 amide bonds. The molecule has 22 heavy (non-hydrogen) atoms. The maximum absolute atomic E-state index is 12.1. The van der Waals surface area contributed by atoms with Crippen molar-refractivity contribution in [2.75, 3.05) is 19.6 Å². The smallest absolute Gasteiger partial charge is 0.410 e. The fraction of sp³-hybridized carbons (Fsp3) is 0.944. The van der Waals surface area contributed by atoms with Crippen molar-refractivity contribution in [2.45, 2.75) is 77.9 Å². The van der Waals surface area contributed by atoms with Crippen molar-refractivity contribution in [1.82, 2.24) is 10.2 Å². The van der Waals surface area contributed by atoms with Crippen molar-refractivity contribution in [3.8, 4) is 0 Å². The summed E-state index contributed by atoms with van der Waals surface area (Å²) in [5.41, 5.74) is -0.397. The highest BCUT2D eigenvalue weighted by Gasteiger charge is 2.30. The van der Waals surface area contributed by atoms with Gasteiger partial charge in [0, 0.05) is 19.1 Å². The Morgan fingerprint density at radius 1 is 1.14 bits per heavy atom. The van der Waals surface area contributed by atoms with Crippen LogP contribution in [-0.2, 0) is 4.74 Å². The first-order valence-corrected chi connectivity index (χ1v) is 9.08. The van der Waals surface area contributed by atoms with Crippen LogP contribution in [0, 0.1) is 11.8 Å². The second-order valence-electron chi connectivity index (χ2n) is 8.12. The fourth-order valence-electron chi connectivity index (χ4n) is 3.60. The Bertz CT molecular complexity index is 357. The van der Waals surface area contributed by atoms with Gasteiger partial charge in [0.2, 0.25) is 0 Å². The van der Waals surface area contributed by atoms with E-state index in [4.69, 9.17) is 4.74 Å². The number of nitrogens with zero attached hydrogens (tertiary/aromatic N) is 1. The average molecular weight is 310 g/mol. The fourth-order valence-corrected chi connectivity index (χ4v) is 3.60. The number of carbonyl (C=O) groups excluding carboxylic acids is 1. The Labute approximate surface area is 136 Å². The van der Waals surface area contributed by atoms with Gasteiger partial charge < -0.3 is 15.0 Å². The van der Waals surface area contributed by atoms with Gasteiger partial charge in [0.15, 0.2) is 0 Å². The zero-order chi connectivity index (χ0) is 16.2. The Kier molecular flexibility index (Phi) is 6.13. The van der Waals surface area contributed by atoms with Crippen molar-refractivity contribution in [1.29, 1.82) is 0 Å². The molecule has 4 heteroatoms. The van der Waals surface area contributed by atoms with Crippen LogP contribution in [0.15, 0.2) is 0 Å². The van der Waals surface area contributed by atoms with Gasteiger partial charge in [-0.05, 0) is 71.3 Å². The molecule has 1 heterocycles. The van der Waals surface area contributed by atoms with Crippen LogP contribution >= 0.6 is 0 Å². The molecule has 0 bridgehead atoms. The summed E-state index contributed by atoms with van der Waals surface area (Å²) in [6.45, 7) is 10.8. The molecule has 1 atom stereocenters. The monoisotopic (exact) mass is 310 g/mol. The van der Waals surface area contributed by atoms with Crippen molar-refractivity contribution >= 4 is 6.09 Å². The van der Waals surface area contributed by atoms with E-state index in [1.54, 1.807) is 0 Å². The first-order valence-electron chi connectivity index (χ1n) is 9.08. The zero-order valence-electron chi connectivity index (χ0n) is 14.9. The van der Waals surface area contributed by atoms with Gasteiger partial charge in [0.25, 0.3) is 0 Å². The van der Waals surface area contributed by atoms with Crippen LogP contribution in [0.25, 0.3) is 0 Å². The van der Waals surface area contributed by atoms with Gasteiger partial charge in [0.05, 0.1) is 0 Å². The predicted octanol–water partition coefficient (Wildman–Crippen LogP) is 3.80. The van der Waals surface area contributed by atoms with E-state index in [9.17, 15) is 4.79 Å². The van der Waals surface area contributed by atoms with Crippen LogP contribution in [0.5, 0.6) is 0 Å². The minimum atomic E-state index is -0.397. The molecule has 0 radical (unpaired) electrons. The molecule has 1 N–H and O–H groups in total. The molecule has 0 aromatic heterocycles. The second-order valence-corrected chi connectivity index (χ2v) is 8.12. The quantitative estimate of drug-likeness (QED) is 0.858. The molecule has 1 unspecified atom stereocenters. The number of rotatable bonds is 4. The summed E-state index contributed by atoms with van der Waals surface area (Å²) >= 11 is 0. The molecule has 1 aliphatic heterocycles. The summed E-state index contributed by atoms with van der Waals surface area (Å²) in [7, 11) is 0. The Morgan fingerprint density at radius 3 is 2.41 bits per heavy atom. The summed E-state index contributed by atoms with van der Waals surface area (Å²) in [6.07, 6.45) is 7.67. The molecule has 2 rings (SSSR count). The topological polar surface area (TPSA) is 41.6 Å². The van der Waals surface area contributed by atoms with Crippen molar-refractivity contribution in [3.05, 3.63) is 0 Å². The molecule has 0 spiro atoms. The molecule has 2 fully saturated rings. The minimum absolute atomic E-state index is 0.154. The van der Waals surface area contributed by atoms with Crippen molar-refractivity contribution < 1.29 is 9.53 Å². The van der Waals surface area contributed by atoms with Crippen LogP contribution in [0.1, 0.15) is 66.2 Å². The second kappa shape index (κ2) is 7.67. The van der Waals surface area contributed by atoms with Crippen LogP contribution in [0.4, 0.5) is 4.79 Å². The molecule has 0 aromatic rings. The summed E-state index contributed by atoms with van der Waals surface area (Å²) in [5.74, 6) is 1.53. The van der Waals surface area contributed by atoms with Gasteiger partial charge in [-0.25, -0.2) is 4.79 Å². The first kappa shape index (κ1) is 17.6. The lowest BCUT2D eigenvalue weighted by atomic mass is 9.84. The lowest BCUT2D eigenvalue weighted by molar-refractivity contribution is 0.0288. The van der Waals surface area contributed by atoms with Crippen LogP contribution in [-0.4, -0.2) is 42.3 Å². The number of nitrogens with one attached hydrogen (secondary N) is 1. The third-order valence-corrected chi connectivity index (χ3v) is 5.06. The molecule has 0 aromatic carbocycles. The summed E-state index contributed by atoms with van der Waals surface area (Å²) < 4.78 is 5.46. The van der Waals surface area contributed by atoms with E-state index in [0.29, 0.717) is 12.0 Å². The first-order chi connectivity index (χ1) is 10.4. The molecule has 128 valence electrons. The van der Waals surface area contributed by atoms with E-state index < -0.39 is 5.60 Å². The van der Waals surface area contributed by atoms with E-state index in [1.165, 1.54) is 32.1 Å². The van der Waals surface area contributed by atoms with Gasteiger partial charge in [-0.2, -0.15) is 0 Å². The largest absolute Gasteiger partial charge is 0.444 e. The Morgan fingerprint density at radius 2 is 1.82 bits per heavy atom. The van der Waals surface area contributed by atoms with Crippen molar-refractivity contribution in [2.24, 2.45) is 11.8 Å². The summed E-state index contributed by atoms with van der Waals surface area (Å²) in [6, 6.07) is 0.693. The molecule has 4 nitrogen and oxygen atoms in total. The highest BCUT2D eigenvalue weighted by atomic mass is 16.6. The number of likely N-dealkylation sites (tertiary alicyclic amines) is 1. The molecular formula is C18H34N2O2. The third kappa shape index (κ3) is 5.45. The summed E-state index contributed by atoms with van der Waals surface area (Å²) in [4.78, 5) is 13.9. The number of carbonyl (C=O) groups is 1. The van der Waals surface area contributed by atoms with Crippen molar-refractivity contribution in [3.63, 3.8) is 0 Å². The average Bonchev–Trinajstić information content (AvgIpc) is 2.93. The van der Waals surface area contributed by atoms with E-state index in [2.05, 4.69) is 12.2 Å². The summed E-state index contributed by atoms with van der Waals surface area (Å²) in [5, 5.41) is 3.74. The van der Waals surface area contributed by atoms with Gasteiger partial charge in [0.1, 0.15) is 5.60 Å². The molecule has 2 aliphatic rings. The van der Waals surface area contributed by atoms with Crippen LogP contribution < -0.4 is 5.32 Å². The number of hydrogen-bond acceptors (Lipinski definition) is 3. The molecule has 1 saturated heterocycles. The number of amides is 1. The molecular weight excluding hydrogens is 276 g/mol. The van der Waals surface area contributed by atoms with Crippen LogP contribution in [0.3, 0.4) is 0 Å². The highest BCUT2D eigenvalue weighted by Crippen LogP contribution is 2.27. The van der Waals surface area contributed by atoms with Gasteiger partial charge >= 0.3 is 6.09 Å². The van der Waals surface area contributed by atoms with E-state index >= 15 is 0 Å². The molecule has 1 aliphatic carbocycles. The lowest BCUT2D eigenvalue weighted by Crippen LogP contribution is -2.38.